The normalized spacial score (nSPS) is 10.2. The molecule has 0 atom stereocenters. The highest BCUT2D eigenvalue weighted by Crippen LogP contribution is 2.34. The first-order chi connectivity index (χ1) is 8.54. The van der Waals surface area contributed by atoms with Crippen LogP contribution in [0.5, 0.6) is 0 Å². The van der Waals surface area contributed by atoms with Gasteiger partial charge in [0.25, 0.3) is 0 Å². The fraction of sp³-hybridized carbons (Fsp3) is 0. The second-order valence-corrected chi connectivity index (χ2v) is 5.29. The lowest BCUT2D eigenvalue weighted by molar-refractivity contribution is 0.612. The fourth-order valence-corrected chi connectivity index (χ4v) is 2.85. The van der Waals surface area contributed by atoms with Gasteiger partial charge in [-0.05, 0) is 40.2 Å². The highest BCUT2D eigenvalue weighted by atomic mass is 79.9. The molecule has 0 saturated heterocycles. The third kappa shape index (κ3) is 2.31. The summed E-state index contributed by atoms with van der Waals surface area (Å²) < 4.78 is 28.6. The van der Waals surface area contributed by atoms with Crippen LogP contribution in [0.1, 0.15) is 5.56 Å². The summed E-state index contributed by atoms with van der Waals surface area (Å²) in [5.41, 5.74) is 0.115. The molecule has 0 amide bonds. The number of hydrogen-bond donors (Lipinski definition) is 0. The SMILES string of the molecule is N#Cc1cccc(F)c1-c1cc(Br)cc(Br)c1F. The standard InChI is InChI=1S/C13H5Br2F2N/c14-8-4-9(13(17)10(15)5-8)12-7(6-18)2-1-3-11(12)16/h1-5H. The molecule has 2 aromatic rings. The summed E-state index contributed by atoms with van der Waals surface area (Å²) in [7, 11) is 0. The van der Waals surface area contributed by atoms with Gasteiger partial charge in [-0.15, -0.1) is 0 Å². The molecular formula is C13H5Br2F2N. The Kier molecular flexibility index (Phi) is 3.79. The van der Waals surface area contributed by atoms with E-state index in [4.69, 9.17) is 5.26 Å². The second-order valence-electron chi connectivity index (χ2n) is 3.52. The van der Waals surface area contributed by atoms with E-state index in [0.29, 0.717) is 4.47 Å². The van der Waals surface area contributed by atoms with Gasteiger partial charge < -0.3 is 0 Å². The molecule has 0 aliphatic rings. The molecule has 0 N–H and O–H groups in total. The van der Waals surface area contributed by atoms with Crippen molar-refractivity contribution < 1.29 is 8.78 Å². The van der Waals surface area contributed by atoms with Crippen molar-refractivity contribution in [1.29, 1.82) is 5.26 Å². The van der Waals surface area contributed by atoms with E-state index < -0.39 is 11.6 Å². The Labute approximate surface area is 119 Å². The third-order valence-corrected chi connectivity index (χ3v) is 3.43. The fourth-order valence-electron chi connectivity index (χ4n) is 1.63. The summed E-state index contributed by atoms with van der Waals surface area (Å²) in [6.45, 7) is 0. The topological polar surface area (TPSA) is 23.8 Å². The van der Waals surface area contributed by atoms with Crippen molar-refractivity contribution >= 4 is 31.9 Å². The summed E-state index contributed by atoms with van der Waals surface area (Å²) in [5, 5.41) is 8.97. The average Bonchev–Trinajstić information content (AvgIpc) is 2.33. The molecule has 2 rings (SSSR count). The summed E-state index contributed by atoms with van der Waals surface area (Å²) in [6, 6.07) is 8.90. The Morgan fingerprint density at radius 2 is 1.83 bits per heavy atom. The first-order valence-corrected chi connectivity index (χ1v) is 6.46. The lowest BCUT2D eigenvalue weighted by Gasteiger charge is -2.09. The molecule has 0 spiro atoms. The van der Waals surface area contributed by atoms with Crippen LogP contribution in [0.3, 0.4) is 0 Å². The second kappa shape index (κ2) is 5.17. The number of nitriles is 1. The van der Waals surface area contributed by atoms with Crippen LogP contribution >= 0.6 is 31.9 Å². The van der Waals surface area contributed by atoms with Gasteiger partial charge >= 0.3 is 0 Å². The predicted octanol–water partition coefficient (Wildman–Crippen LogP) is 5.03. The van der Waals surface area contributed by atoms with Crippen molar-refractivity contribution in [3.05, 3.63) is 56.5 Å². The van der Waals surface area contributed by atoms with Crippen LogP contribution in [0, 0.1) is 23.0 Å². The van der Waals surface area contributed by atoms with Gasteiger partial charge in [-0.25, -0.2) is 8.78 Å². The predicted molar refractivity (Wildman–Crippen MR) is 71.9 cm³/mol. The number of benzene rings is 2. The van der Waals surface area contributed by atoms with Gasteiger partial charge in [-0.3, -0.25) is 0 Å². The molecule has 0 aliphatic heterocycles. The van der Waals surface area contributed by atoms with Gasteiger partial charge in [0.05, 0.1) is 16.1 Å². The van der Waals surface area contributed by atoms with Crippen molar-refractivity contribution in [2.45, 2.75) is 0 Å². The number of halogens is 4. The Morgan fingerprint density at radius 1 is 1.11 bits per heavy atom. The first-order valence-electron chi connectivity index (χ1n) is 4.88. The number of nitrogens with zero attached hydrogens (tertiary/aromatic N) is 1. The van der Waals surface area contributed by atoms with Crippen molar-refractivity contribution in [1.82, 2.24) is 0 Å². The zero-order chi connectivity index (χ0) is 13.3. The van der Waals surface area contributed by atoms with E-state index >= 15 is 0 Å². The molecule has 0 fully saturated rings. The zero-order valence-electron chi connectivity index (χ0n) is 8.85. The highest BCUT2D eigenvalue weighted by Gasteiger charge is 2.17. The van der Waals surface area contributed by atoms with Crippen molar-refractivity contribution in [3.8, 4) is 17.2 Å². The van der Waals surface area contributed by atoms with E-state index in [0.717, 1.165) is 0 Å². The maximum Gasteiger partial charge on any atom is 0.145 e. The number of hydrogen-bond acceptors (Lipinski definition) is 1. The molecule has 0 aliphatic carbocycles. The quantitative estimate of drug-likeness (QED) is 0.644. The monoisotopic (exact) mass is 371 g/mol. The lowest BCUT2D eigenvalue weighted by Crippen LogP contribution is -1.94. The van der Waals surface area contributed by atoms with Crippen LogP contribution in [0.15, 0.2) is 39.3 Å². The Morgan fingerprint density at radius 3 is 2.50 bits per heavy atom. The Bertz CT molecular complexity index is 663. The van der Waals surface area contributed by atoms with Crippen LogP contribution in [0.4, 0.5) is 8.78 Å². The van der Waals surface area contributed by atoms with Gasteiger partial charge in [0.1, 0.15) is 11.6 Å². The van der Waals surface area contributed by atoms with Crippen LogP contribution in [0.25, 0.3) is 11.1 Å². The molecule has 0 unspecified atom stereocenters. The minimum Gasteiger partial charge on any atom is -0.206 e. The summed E-state index contributed by atoms with van der Waals surface area (Å²) >= 11 is 6.27. The lowest BCUT2D eigenvalue weighted by atomic mass is 9.99. The smallest absolute Gasteiger partial charge is 0.145 e. The minimum atomic E-state index is -0.627. The van der Waals surface area contributed by atoms with Gasteiger partial charge in [0.15, 0.2) is 0 Å². The van der Waals surface area contributed by atoms with E-state index in [1.807, 2.05) is 6.07 Å². The maximum absolute atomic E-state index is 14.0. The molecule has 0 saturated carbocycles. The van der Waals surface area contributed by atoms with Gasteiger partial charge in [0.2, 0.25) is 0 Å². The van der Waals surface area contributed by atoms with Crippen LogP contribution in [-0.4, -0.2) is 0 Å². The molecule has 18 heavy (non-hydrogen) atoms. The van der Waals surface area contributed by atoms with E-state index in [1.54, 1.807) is 0 Å². The Hall–Kier alpha value is -1.25. The van der Waals surface area contributed by atoms with Crippen LogP contribution < -0.4 is 0 Å². The molecule has 0 bridgehead atoms. The van der Waals surface area contributed by atoms with Crippen molar-refractivity contribution in [3.63, 3.8) is 0 Å². The summed E-state index contributed by atoms with van der Waals surface area (Å²) in [5.74, 6) is -1.22. The van der Waals surface area contributed by atoms with E-state index in [1.165, 1.54) is 30.3 Å². The molecule has 0 aromatic heterocycles. The first kappa shape index (κ1) is 13.2. The largest absolute Gasteiger partial charge is 0.206 e. The van der Waals surface area contributed by atoms with Crippen molar-refractivity contribution in [2.24, 2.45) is 0 Å². The average molecular weight is 373 g/mol. The van der Waals surface area contributed by atoms with Crippen LogP contribution in [-0.2, 0) is 0 Å². The molecule has 90 valence electrons. The summed E-state index contributed by atoms with van der Waals surface area (Å²) in [6.07, 6.45) is 0. The zero-order valence-corrected chi connectivity index (χ0v) is 12.0. The van der Waals surface area contributed by atoms with Crippen LogP contribution in [0.2, 0.25) is 0 Å². The molecular weight excluding hydrogens is 368 g/mol. The molecule has 0 heterocycles. The van der Waals surface area contributed by atoms with Gasteiger partial charge in [-0.2, -0.15) is 5.26 Å². The van der Waals surface area contributed by atoms with Gasteiger partial charge in [0, 0.05) is 15.6 Å². The van der Waals surface area contributed by atoms with Crippen molar-refractivity contribution in [2.75, 3.05) is 0 Å². The molecule has 0 radical (unpaired) electrons. The maximum atomic E-state index is 14.0. The highest BCUT2D eigenvalue weighted by molar-refractivity contribution is 9.11. The Balaban J connectivity index is 2.82. The molecule has 1 nitrogen and oxygen atoms in total. The third-order valence-electron chi connectivity index (χ3n) is 2.40. The number of rotatable bonds is 1. The minimum absolute atomic E-state index is 0.0282. The van der Waals surface area contributed by atoms with E-state index in [-0.39, 0.29) is 21.2 Å². The molecule has 5 heteroatoms. The van der Waals surface area contributed by atoms with E-state index in [9.17, 15) is 8.78 Å². The molecule has 2 aromatic carbocycles. The van der Waals surface area contributed by atoms with Gasteiger partial charge in [-0.1, -0.05) is 22.0 Å². The summed E-state index contributed by atoms with van der Waals surface area (Å²) in [4.78, 5) is 0. The van der Waals surface area contributed by atoms with E-state index in [2.05, 4.69) is 31.9 Å².